The predicted octanol–water partition coefficient (Wildman–Crippen LogP) is 0.453. The first-order valence-electron chi connectivity index (χ1n) is 2.96. The number of carbonyl (C=O) groups is 1. The summed E-state index contributed by atoms with van der Waals surface area (Å²) in [5.41, 5.74) is 0. The molecule has 10 heavy (non-hydrogen) atoms. The standard InChI is InChI=1S/C6H8O3S/c7-2-1-5-4(8)3-6(9)10-5/h3,5,7-8H,1-2H2. The topological polar surface area (TPSA) is 57.5 Å². The summed E-state index contributed by atoms with van der Waals surface area (Å²) in [5.74, 6) is 0.0871. The Labute approximate surface area is 62.7 Å². The van der Waals surface area contributed by atoms with Crippen LogP contribution in [-0.4, -0.2) is 27.2 Å². The van der Waals surface area contributed by atoms with Crippen molar-refractivity contribution in [1.82, 2.24) is 0 Å². The van der Waals surface area contributed by atoms with Crippen LogP contribution in [-0.2, 0) is 4.79 Å². The van der Waals surface area contributed by atoms with Crippen LogP contribution in [0.1, 0.15) is 6.42 Å². The van der Waals surface area contributed by atoms with E-state index in [4.69, 9.17) is 10.2 Å². The minimum absolute atomic E-state index is 0.00282. The van der Waals surface area contributed by atoms with Gasteiger partial charge in [-0.1, -0.05) is 11.8 Å². The summed E-state index contributed by atoms with van der Waals surface area (Å²) < 4.78 is 0. The Kier molecular flexibility index (Phi) is 2.34. The SMILES string of the molecule is O=C1C=C(O)C(CCO)S1. The van der Waals surface area contributed by atoms with Gasteiger partial charge in [0.2, 0.25) is 5.12 Å². The van der Waals surface area contributed by atoms with Crippen molar-refractivity contribution in [2.24, 2.45) is 0 Å². The molecular weight excluding hydrogens is 152 g/mol. The zero-order chi connectivity index (χ0) is 7.56. The van der Waals surface area contributed by atoms with E-state index >= 15 is 0 Å². The molecule has 1 atom stereocenters. The third kappa shape index (κ3) is 1.52. The summed E-state index contributed by atoms with van der Waals surface area (Å²) >= 11 is 1.06. The molecule has 0 amide bonds. The molecule has 1 heterocycles. The van der Waals surface area contributed by atoms with E-state index < -0.39 is 0 Å². The van der Waals surface area contributed by atoms with Crippen molar-refractivity contribution in [1.29, 1.82) is 0 Å². The fraction of sp³-hybridized carbons (Fsp3) is 0.500. The number of aliphatic hydroxyl groups is 2. The minimum atomic E-state index is -0.211. The average molecular weight is 160 g/mol. The Hall–Kier alpha value is -0.480. The normalized spacial score (nSPS) is 25.1. The smallest absolute Gasteiger partial charge is 0.216 e. The van der Waals surface area contributed by atoms with E-state index in [9.17, 15) is 4.79 Å². The van der Waals surface area contributed by atoms with E-state index in [1.807, 2.05) is 0 Å². The Morgan fingerprint density at radius 1 is 1.70 bits per heavy atom. The van der Waals surface area contributed by atoms with E-state index in [0.29, 0.717) is 6.42 Å². The van der Waals surface area contributed by atoms with Crippen molar-refractivity contribution in [3.63, 3.8) is 0 Å². The zero-order valence-corrected chi connectivity index (χ0v) is 6.10. The van der Waals surface area contributed by atoms with E-state index in [1.54, 1.807) is 0 Å². The van der Waals surface area contributed by atoms with Gasteiger partial charge < -0.3 is 10.2 Å². The van der Waals surface area contributed by atoms with Crippen LogP contribution in [0.5, 0.6) is 0 Å². The molecule has 56 valence electrons. The fourth-order valence-electron chi connectivity index (χ4n) is 0.772. The van der Waals surface area contributed by atoms with Gasteiger partial charge in [0.1, 0.15) is 5.76 Å². The monoisotopic (exact) mass is 160 g/mol. The van der Waals surface area contributed by atoms with Gasteiger partial charge in [0.15, 0.2) is 0 Å². The number of thioether (sulfide) groups is 1. The molecule has 0 aromatic rings. The van der Waals surface area contributed by atoms with Crippen molar-refractivity contribution in [2.45, 2.75) is 11.7 Å². The van der Waals surface area contributed by atoms with Crippen molar-refractivity contribution < 1.29 is 15.0 Å². The molecule has 1 aliphatic rings. The van der Waals surface area contributed by atoms with Gasteiger partial charge in [0, 0.05) is 12.7 Å². The minimum Gasteiger partial charge on any atom is -0.511 e. The molecule has 0 aromatic heterocycles. The first-order chi connectivity index (χ1) is 4.74. The van der Waals surface area contributed by atoms with E-state index in [2.05, 4.69) is 0 Å². The second-order valence-corrected chi connectivity index (χ2v) is 3.21. The summed E-state index contributed by atoms with van der Waals surface area (Å²) in [7, 11) is 0. The summed E-state index contributed by atoms with van der Waals surface area (Å²) in [4.78, 5) is 10.6. The predicted molar refractivity (Wildman–Crippen MR) is 38.8 cm³/mol. The molecule has 4 heteroatoms. The number of hydrogen-bond acceptors (Lipinski definition) is 4. The molecule has 0 spiro atoms. The van der Waals surface area contributed by atoms with Gasteiger partial charge in [-0.2, -0.15) is 0 Å². The summed E-state index contributed by atoms with van der Waals surface area (Å²) in [6, 6.07) is 0. The van der Waals surface area contributed by atoms with Crippen LogP contribution in [0.15, 0.2) is 11.8 Å². The van der Waals surface area contributed by atoms with Gasteiger partial charge in [-0.25, -0.2) is 0 Å². The molecule has 0 aromatic carbocycles. The second kappa shape index (κ2) is 3.07. The zero-order valence-electron chi connectivity index (χ0n) is 5.28. The highest BCUT2D eigenvalue weighted by molar-refractivity contribution is 8.15. The van der Waals surface area contributed by atoms with Crippen LogP contribution >= 0.6 is 11.8 Å². The Bertz CT molecular complexity index is 176. The van der Waals surface area contributed by atoms with Crippen LogP contribution in [0.2, 0.25) is 0 Å². The van der Waals surface area contributed by atoms with Gasteiger partial charge in [-0.05, 0) is 6.42 Å². The third-order valence-corrected chi connectivity index (χ3v) is 2.36. The maximum Gasteiger partial charge on any atom is 0.216 e. The molecule has 0 aliphatic carbocycles. The highest BCUT2D eigenvalue weighted by Crippen LogP contribution is 2.28. The molecule has 0 radical (unpaired) electrons. The lowest BCUT2D eigenvalue weighted by Crippen LogP contribution is -2.04. The van der Waals surface area contributed by atoms with E-state index in [0.717, 1.165) is 11.8 Å². The molecule has 0 saturated carbocycles. The number of rotatable bonds is 2. The van der Waals surface area contributed by atoms with Gasteiger partial charge in [0.05, 0.1) is 5.25 Å². The molecule has 1 rings (SSSR count). The Morgan fingerprint density at radius 3 is 2.80 bits per heavy atom. The largest absolute Gasteiger partial charge is 0.511 e. The number of hydrogen-bond donors (Lipinski definition) is 2. The molecular formula is C6H8O3S. The highest BCUT2D eigenvalue weighted by Gasteiger charge is 2.24. The van der Waals surface area contributed by atoms with Crippen molar-refractivity contribution in [3.8, 4) is 0 Å². The van der Waals surface area contributed by atoms with E-state index in [-0.39, 0.29) is 22.7 Å². The molecule has 0 saturated heterocycles. The summed E-state index contributed by atoms with van der Waals surface area (Å²) in [5, 5.41) is 17.1. The molecule has 0 bridgehead atoms. The summed E-state index contributed by atoms with van der Waals surface area (Å²) in [6.45, 7) is 0.00282. The van der Waals surface area contributed by atoms with Crippen LogP contribution in [0.25, 0.3) is 0 Å². The maximum absolute atomic E-state index is 10.6. The first kappa shape index (κ1) is 7.63. The molecule has 2 N–H and O–H groups in total. The molecule has 0 fully saturated rings. The molecule has 1 aliphatic heterocycles. The van der Waals surface area contributed by atoms with Gasteiger partial charge in [0.25, 0.3) is 0 Å². The van der Waals surface area contributed by atoms with Gasteiger partial charge in [-0.3, -0.25) is 4.79 Å². The highest BCUT2D eigenvalue weighted by atomic mass is 32.2. The second-order valence-electron chi connectivity index (χ2n) is 2.01. The first-order valence-corrected chi connectivity index (χ1v) is 3.84. The lowest BCUT2D eigenvalue weighted by atomic mass is 10.2. The quantitative estimate of drug-likeness (QED) is 0.616. The van der Waals surface area contributed by atoms with Crippen LogP contribution < -0.4 is 0 Å². The summed E-state index contributed by atoms with van der Waals surface area (Å²) in [6.07, 6.45) is 1.64. The lowest BCUT2D eigenvalue weighted by Gasteiger charge is -2.04. The van der Waals surface area contributed by atoms with Crippen LogP contribution in [0.3, 0.4) is 0 Å². The lowest BCUT2D eigenvalue weighted by molar-refractivity contribution is -0.106. The van der Waals surface area contributed by atoms with Gasteiger partial charge >= 0.3 is 0 Å². The third-order valence-electron chi connectivity index (χ3n) is 1.25. The fourth-order valence-corrected chi connectivity index (χ4v) is 1.65. The van der Waals surface area contributed by atoms with Crippen LogP contribution in [0, 0.1) is 0 Å². The van der Waals surface area contributed by atoms with Crippen molar-refractivity contribution in [2.75, 3.05) is 6.61 Å². The average Bonchev–Trinajstić information content (AvgIpc) is 2.13. The van der Waals surface area contributed by atoms with E-state index in [1.165, 1.54) is 6.08 Å². The molecule has 1 unspecified atom stereocenters. The maximum atomic E-state index is 10.6. The number of carbonyl (C=O) groups excluding carboxylic acids is 1. The van der Waals surface area contributed by atoms with Gasteiger partial charge in [-0.15, -0.1) is 0 Å². The van der Waals surface area contributed by atoms with Crippen molar-refractivity contribution in [3.05, 3.63) is 11.8 Å². The van der Waals surface area contributed by atoms with Crippen LogP contribution in [0.4, 0.5) is 0 Å². The Morgan fingerprint density at radius 2 is 2.40 bits per heavy atom. The molecule has 3 nitrogen and oxygen atoms in total. The number of aliphatic hydroxyl groups excluding tert-OH is 2. The van der Waals surface area contributed by atoms with Crippen molar-refractivity contribution >= 4 is 16.9 Å². The Balaban J connectivity index is 2.51.